The van der Waals surface area contributed by atoms with E-state index < -0.39 is 0 Å². The monoisotopic (exact) mass is 177 g/mol. The third kappa shape index (κ3) is 2.31. The van der Waals surface area contributed by atoms with E-state index in [2.05, 4.69) is 4.99 Å². The van der Waals surface area contributed by atoms with Crippen molar-refractivity contribution in [1.82, 2.24) is 0 Å². The SMILES string of the molecule is CCN=Cc1cc(C)cc(C)c1O. The standard InChI is InChI=1S/C11H15NO/c1-4-12-7-10-6-8(2)5-9(3)11(10)13/h5-7,13H,4H2,1-3H3. The molecule has 0 aliphatic carbocycles. The van der Waals surface area contributed by atoms with Gasteiger partial charge in [-0.2, -0.15) is 0 Å². The van der Waals surface area contributed by atoms with Crippen LogP contribution in [0.2, 0.25) is 0 Å². The first kappa shape index (κ1) is 9.78. The van der Waals surface area contributed by atoms with Gasteiger partial charge in [-0.15, -0.1) is 0 Å². The van der Waals surface area contributed by atoms with Crippen LogP contribution < -0.4 is 0 Å². The lowest BCUT2D eigenvalue weighted by Crippen LogP contribution is -1.88. The number of nitrogens with zero attached hydrogens (tertiary/aromatic N) is 1. The number of aliphatic imine (C=N–C) groups is 1. The summed E-state index contributed by atoms with van der Waals surface area (Å²) < 4.78 is 0. The molecule has 0 aliphatic heterocycles. The first-order valence-corrected chi connectivity index (χ1v) is 4.45. The second-order valence-electron chi connectivity index (χ2n) is 3.15. The van der Waals surface area contributed by atoms with Crippen LogP contribution in [0.15, 0.2) is 17.1 Å². The Kier molecular flexibility index (Phi) is 3.07. The predicted molar refractivity (Wildman–Crippen MR) is 55.7 cm³/mol. The van der Waals surface area contributed by atoms with E-state index in [-0.39, 0.29) is 0 Å². The molecule has 0 saturated carbocycles. The summed E-state index contributed by atoms with van der Waals surface area (Å²) in [6, 6.07) is 3.89. The molecule has 0 spiro atoms. The maximum absolute atomic E-state index is 9.66. The number of rotatable bonds is 2. The molecule has 0 radical (unpaired) electrons. The molecule has 0 atom stereocenters. The van der Waals surface area contributed by atoms with Crippen LogP contribution in [0, 0.1) is 13.8 Å². The van der Waals surface area contributed by atoms with Crippen molar-refractivity contribution < 1.29 is 5.11 Å². The van der Waals surface area contributed by atoms with Crippen LogP contribution in [-0.4, -0.2) is 17.9 Å². The summed E-state index contributed by atoms with van der Waals surface area (Å²) in [5.74, 6) is 0.336. The Morgan fingerprint density at radius 3 is 2.69 bits per heavy atom. The van der Waals surface area contributed by atoms with E-state index in [1.54, 1.807) is 6.21 Å². The molecule has 1 N–H and O–H groups in total. The van der Waals surface area contributed by atoms with Crippen LogP contribution in [-0.2, 0) is 0 Å². The van der Waals surface area contributed by atoms with Gasteiger partial charge in [-0.1, -0.05) is 6.07 Å². The molecule has 0 saturated heterocycles. The molecule has 2 nitrogen and oxygen atoms in total. The lowest BCUT2D eigenvalue weighted by atomic mass is 10.1. The molecule has 1 rings (SSSR count). The maximum atomic E-state index is 9.66. The number of phenols is 1. The summed E-state index contributed by atoms with van der Waals surface area (Å²) in [6.07, 6.45) is 1.72. The van der Waals surface area contributed by atoms with Gasteiger partial charge in [0.1, 0.15) is 5.75 Å². The van der Waals surface area contributed by atoms with E-state index in [1.807, 2.05) is 32.9 Å². The van der Waals surface area contributed by atoms with Crippen molar-refractivity contribution >= 4 is 6.21 Å². The topological polar surface area (TPSA) is 32.6 Å². The van der Waals surface area contributed by atoms with Crippen molar-refractivity contribution in [2.24, 2.45) is 4.99 Å². The molecule has 2 heteroatoms. The lowest BCUT2D eigenvalue weighted by molar-refractivity contribution is 0.470. The largest absolute Gasteiger partial charge is 0.507 e. The van der Waals surface area contributed by atoms with Gasteiger partial charge in [0.25, 0.3) is 0 Å². The quantitative estimate of drug-likeness (QED) is 0.691. The van der Waals surface area contributed by atoms with Gasteiger partial charge >= 0.3 is 0 Å². The third-order valence-electron chi connectivity index (χ3n) is 1.89. The van der Waals surface area contributed by atoms with Gasteiger partial charge < -0.3 is 5.11 Å². The fourth-order valence-corrected chi connectivity index (χ4v) is 1.28. The summed E-state index contributed by atoms with van der Waals surface area (Å²) in [5.41, 5.74) is 2.85. The molecule has 13 heavy (non-hydrogen) atoms. The van der Waals surface area contributed by atoms with Crippen LogP contribution in [0.25, 0.3) is 0 Å². The number of aromatic hydroxyl groups is 1. The zero-order valence-corrected chi connectivity index (χ0v) is 8.33. The van der Waals surface area contributed by atoms with Gasteiger partial charge in [0.15, 0.2) is 0 Å². The molecule has 0 aromatic heterocycles. The number of phenolic OH excluding ortho intramolecular Hbond substituents is 1. The van der Waals surface area contributed by atoms with Crippen molar-refractivity contribution in [3.63, 3.8) is 0 Å². The fraction of sp³-hybridized carbons (Fsp3) is 0.364. The zero-order valence-electron chi connectivity index (χ0n) is 8.33. The zero-order chi connectivity index (χ0) is 9.84. The number of benzene rings is 1. The molecule has 1 aromatic rings. The average molecular weight is 177 g/mol. The molecule has 0 unspecified atom stereocenters. The minimum Gasteiger partial charge on any atom is -0.507 e. The van der Waals surface area contributed by atoms with Crippen LogP contribution in [0.3, 0.4) is 0 Å². The van der Waals surface area contributed by atoms with E-state index in [0.29, 0.717) is 5.75 Å². The van der Waals surface area contributed by atoms with Crippen LogP contribution in [0.5, 0.6) is 5.75 Å². The van der Waals surface area contributed by atoms with Crippen molar-refractivity contribution in [2.45, 2.75) is 20.8 Å². The van der Waals surface area contributed by atoms with Gasteiger partial charge in [0.05, 0.1) is 0 Å². The van der Waals surface area contributed by atoms with Gasteiger partial charge in [0, 0.05) is 18.3 Å². The second kappa shape index (κ2) is 4.08. The smallest absolute Gasteiger partial charge is 0.127 e. The average Bonchev–Trinajstić information content (AvgIpc) is 2.09. The van der Waals surface area contributed by atoms with Gasteiger partial charge in [-0.05, 0) is 38.0 Å². The lowest BCUT2D eigenvalue weighted by Gasteiger charge is -2.04. The Bertz CT molecular complexity index is 329. The number of hydrogen-bond donors (Lipinski definition) is 1. The highest BCUT2D eigenvalue weighted by Crippen LogP contribution is 2.21. The molecule has 1 aromatic carbocycles. The Hall–Kier alpha value is -1.31. The molecule has 0 fully saturated rings. The number of hydrogen-bond acceptors (Lipinski definition) is 2. The summed E-state index contributed by atoms with van der Waals surface area (Å²) >= 11 is 0. The van der Waals surface area contributed by atoms with E-state index in [0.717, 1.165) is 23.2 Å². The molecular formula is C11H15NO. The second-order valence-corrected chi connectivity index (χ2v) is 3.15. The van der Waals surface area contributed by atoms with Crippen molar-refractivity contribution in [3.8, 4) is 5.75 Å². The highest BCUT2D eigenvalue weighted by molar-refractivity contribution is 5.84. The van der Waals surface area contributed by atoms with Gasteiger partial charge in [0.2, 0.25) is 0 Å². The van der Waals surface area contributed by atoms with E-state index in [1.165, 1.54) is 0 Å². The summed E-state index contributed by atoms with van der Waals surface area (Å²) in [5, 5.41) is 9.66. The first-order valence-electron chi connectivity index (χ1n) is 4.45. The van der Waals surface area contributed by atoms with Crippen molar-refractivity contribution in [3.05, 3.63) is 28.8 Å². The Morgan fingerprint density at radius 2 is 2.08 bits per heavy atom. The van der Waals surface area contributed by atoms with Gasteiger partial charge in [-0.3, -0.25) is 4.99 Å². The molecular weight excluding hydrogens is 162 g/mol. The molecule has 0 bridgehead atoms. The van der Waals surface area contributed by atoms with Crippen molar-refractivity contribution in [1.29, 1.82) is 0 Å². The Balaban J connectivity index is 3.12. The highest BCUT2D eigenvalue weighted by Gasteiger charge is 2.02. The minimum atomic E-state index is 0.336. The van der Waals surface area contributed by atoms with E-state index in [9.17, 15) is 5.11 Å². The summed E-state index contributed by atoms with van der Waals surface area (Å²) in [6.45, 7) is 6.62. The van der Waals surface area contributed by atoms with Crippen LogP contribution in [0.4, 0.5) is 0 Å². The van der Waals surface area contributed by atoms with Crippen molar-refractivity contribution in [2.75, 3.05) is 6.54 Å². The number of aryl methyl sites for hydroxylation is 2. The maximum Gasteiger partial charge on any atom is 0.127 e. The summed E-state index contributed by atoms with van der Waals surface area (Å²) in [7, 11) is 0. The molecule has 0 heterocycles. The molecule has 0 amide bonds. The minimum absolute atomic E-state index is 0.336. The normalized spacial score (nSPS) is 11.0. The predicted octanol–water partition coefficient (Wildman–Crippen LogP) is 2.45. The summed E-state index contributed by atoms with van der Waals surface area (Å²) in [4.78, 5) is 4.10. The molecule has 70 valence electrons. The van der Waals surface area contributed by atoms with Crippen LogP contribution >= 0.6 is 0 Å². The van der Waals surface area contributed by atoms with Gasteiger partial charge in [-0.25, -0.2) is 0 Å². The fourth-order valence-electron chi connectivity index (χ4n) is 1.28. The Morgan fingerprint density at radius 1 is 1.38 bits per heavy atom. The van der Waals surface area contributed by atoms with Crippen LogP contribution in [0.1, 0.15) is 23.6 Å². The first-order chi connectivity index (χ1) is 6.15. The van der Waals surface area contributed by atoms with E-state index in [4.69, 9.17) is 0 Å². The Labute approximate surface area is 78.9 Å². The third-order valence-corrected chi connectivity index (χ3v) is 1.89. The highest BCUT2D eigenvalue weighted by atomic mass is 16.3. The molecule has 0 aliphatic rings. The van der Waals surface area contributed by atoms with E-state index >= 15 is 0 Å².